The van der Waals surface area contributed by atoms with Crippen LogP contribution in [0, 0.1) is 0 Å². The normalized spacial score (nSPS) is 14.6. The monoisotopic (exact) mass is 568 g/mol. The van der Waals surface area contributed by atoms with E-state index in [1.54, 1.807) is 4.90 Å². The maximum Gasteiger partial charge on any atom is 0.243 e. The van der Waals surface area contributed by atoms with Crippen LogP contribution in [0.1, 0.15) is 48.8 Å². The maximum atomic E-state index is 13.8. The molecule has 0 aromatic heterocycles. The minimum absolute atomic E-state index is 0.0817. The van der Waals surface area contributed by atoms with Gasteiger partial charge >= 0.3 is 0 Å². The van der Waals surface area contributed by atoms with Crippen LogP contribution in [0.4, 0.5) is 0 Å². The molecule has 0 radical (unpaired) electrons. The number of nitrogens with one attached hydrogen (secondary N) is 1. The fourth-order valence-electron chi connectivity index (χ4n) is 4.88. The van der Waals surface area contributed by atoms with Crippen LogP contribution in [0.25, 0.3) is 0 Å². The van der Waals surface area contributed by atoms with Gasteiger partial charge < -0.3 is 10.2 Å². The highest BCUT2D eigenvalue weighted by Gasteiger charge is 2.31. The highest BCUT2D eigenvalue weighted by Crippen LogP contribution is 2.24. The van der Waals surface area contributed by atoms with Gasteiger partial charge in [-0.05, 0) is 47.7 Å². The first-order valence-corrected chi connectivity index (χ1v) is 15.1. The standard InChI is InChI=1S/C31H34Cl2N2O2S/c32-26-14-9-12-24(18-26)20-35(30(36)22-38-21-25-13-7-8-17-28(25)33)29(19-23-10-3-1-4-11-23)31(37)34-27-15-5-2-6-16-27/h1,3-4,7-14,17-18,27,29H,2,5-6,15-16,19-22H2,(H,34,37)/t29-/m0/s1. The third-order valence-corrected chi connectivity index (χ3v) is 8.48. The Balaban J connectivity index is 1.57. The topological polar surface area (TPSA) is 49.4 Å². The number of hydrogen-bond donors (Lipinski definition) is 1. The Hall–Kier alpha value is -2.47. The van der Waals surface area contributed by atoms with E-state index < -0.39 is 6.04 Å². The Morgan fingerprint density at radius 3 is 2.34 bits per heavy atom. The van der Waals surface area contributed by atoms with Gasteiger partial charge in [-0.3, -0.25) is 9.59 Å². The van der Waals surface area contributed by atoms with Crippen molar-refractivity contribution in [2.45, 2.75) is 62.9 Å². The van der Waals surface area contributed by atoms with Crippen molar-refractivity contribution in [2.24, 2.45) is 0 Å². The number of benzene rings is 3. The van der Waals surface area contributed by atoms with E-state index in [9.17, 15) is 9.59 Å². The quantitative estimate of drug-likeness (QED) is 0.263. The molecule has 1 atom stereocenters. The number of carbonyl (C=O) groups is 2. The molecular formula is C31H34Cl2N2O2S. The molecule has 3 aromatic rings. The summed E-state index contributed by atoms with van der Waals surface area (Å²) in [6, 6.07) is 24.6. The fourth-order valence-corrected chi connectivity index (χ4v) is 6.29. The Kier molecular flexibility index (Phi) is 11.0. The van der Waals surface area contributed by atoms with Crippen LogP contribution >= 0.6 is 35.0 Å². The Morgan fingerprint density at radius 1 is 0.895 bits per heavy atom. The van der Waals surface area contributed by atoms with E-state index in [1.165, 1.54) is 18.2 Å². The van der Waals surface area contributed by atoms with Gasteiger partial charge in [-0.25, -0.2) is 0 Å². The molecule has 1 aliphatic rings. The van der Waals surface area contributed by atoms with Crippen molar-refractivity contribution in [3.63, 3.8) is 0 Å². The summed E-state index contributed by atoms with van der Waals surface area (Å²) >= 11 is 14.1. The molecule has 7 heteroatoms. The minimum Gasteiger partial charge on any atom is -0.352 e. The van der Waals surface area contributed by atoms with E-state index in [-0.39, 0.29) is 23.6 Å². The van der Waals surface area contributed by atoms with E-state index in [1.807, 2.05) is 78.9 Å². The van der Waals surface area contributed by atoms with Crippen molar-refractivity contribution in [1.82, 2.24) is 10.2 Å². The molecule has 3 aromatic carbocycles. The molecule has 1 fully saturated rings. The number of nitrogens with zero attached hydrogens (tertiary/aromatic N) is 1. The zero-order valence-electron chi connectivity index (χ0n) is 21.5. The smallest absolute Gasteiger partial charge is 0.243 e. The summed E-state index contributed by atoms with van der Waals surface area (Å²) in [6.07, 6.45) is 5.87. The molecule has 1 N–H and O–H groups in total. The number of carbonyl (C=O) groups excluding carboxylic acids is 2. The first-order valence-electron chi connectivity index (χ1n) is 13.2. The molecule has 4 rings (SSSR count). The van der Waals surface area contributed by atoms with Crippen molar-refractivity contribution < 1.29 is 9.59 Å². The molecule has 4 nitrogen and oxygen atoms in total. The molecule has 1 saturated carbocycles. The zero-order chi connectivity index (χ0) is 26.7. The molecule has 2 amide bonds. The lowest BCUT2D eigenvalue weighted by molar-refractivity contribution is -0.139. The highest BCUT2D eigenvalue weighted by atomic mass is 35.5. The van der Waals surface area contributed by atoms with Crippen LogP contribution in [0.3, 0.4) is 0 Å². The third kappa shape index (κ3) is 8.52. The second-order valence-corrected chi connectivity index (χ2v) is 11.6. The average molecular weight is 570 g/mol. The van der Waals surface area contributed by atoms with Crippen molar-refractivity contribution >= 4 is 46.8 Å². The minimum atomic E-state index is -0.633. The van der Waals surface area contributed by atoms with Gasteiger partial charge in [0.05, 0.1) is 5.75 Å². The van der Waals surface area contributed by atoms with E-state index >= 15 is 0 Å². The van der Waals surface area contributed by atoms with Crippen molar-refractivity contribution in [2.75, 3.05) is 5.75 Å². The highest BCUT2D eigenvalue weighted by molar-refractivity contribution is 7.99. The van der Waals surface area contributed by atoms with Crippen LogP contribution < -0.4 is 5.32 Å². The number of halogens is 2. The number of thioether (sulfide) groups is 1. The van der Waals surface area contributed by atoms with Crippen LogP contribution in [-0.4, -0.2) is 34.6 Å². The summed E-state index contributed by atoms with van der Waals surface area (Å²) in [5.41, 5.74) is 2.90. The summed E-state index contributed by atoms with van der Waals surface area (Å²) in [5.74, 6) is 0.691. The van der Waals surface area contributed by atoms with Gasteiger partial charge in [-0.15, -0.1) is 11.8 Å². The van der Waals surface area contributed by atoms with Gasteiger partial charge in [-0.2, -0.15) is 0 Å². The van der Waals surface area contributed by atoms with E-state index in [2.05, 4.69) is 5.32 Å². The van der Waals surface area contributed by atoms with Crippen LogP contribution in [0.5, 0.6) is 0 Å². The maximum absolute atomic E-state index is 13.8. The van der Waals surface area contributed by atoms with Gasteiger partial charge in [0.1, 0.15) is 6.04 Å². The van der Waals surface area contributed by atoms with Crippen molar-refractivity contribution in [1.29, 1.82) is 0 Å². The molecule has 0 spiro atoms. The molecular weight excluding hydrogens is 535 g/mol. The molecule has 0 heterocycles. The van der Waals surface area contributed by atoms with Gasteiger partial charge in [0.2, 0.25) is 11.8 Å². The summed E-state index contributed by atoms with van der Waals surface area (Å²) in [6.45, 7) is 0.307. The molecule has 0 bridgehead atoms. The number of rotatable bonds is 11. The van der Waals surface area contributed by atoms with Gasteiger partial charge in [0.15, 0.2) is 0 Å². The first kappa shape index (κ1) is 28.5. The Labute approximate surface area is 240 Å². The predicted molar refractivity (Wildman–Crippen MR) is 159 cm³/mol. The average Bonchev–Trinajstić information content (AvgIpc) is 2.93. The zero-order valence-corrected chi connectivity index (χ0v) is 23.8. The Bertz CT molecular complexity index is 1200. The molecule has 0 aliphatic heterocycles. The fraction of sp³-hybridized carbons (Fsp3) is 0.355. The lowest BCUT2D eigenvalue weighted by Crippen LogP contribution is -2.53. The van der Waals surface area contributed by atoms with Crippen LogP contribution in [0.2, 0.25) is 10.0 Å². The molecule has 1 aliphatic carbocycles. The summed E-state index contributed by atoms with van der Waals surface area (Å²) in [7, 11) is 0. The van der Waals surface area contributed by atoms with Gasteiger partial charge in [-0.1, -0.05) is 103 Å². The van der Waals surface area contributed by atoms with E-state index in [4.69, 9.17) is 23.2 Å². The Morgan fingerprint density at radius 2 is 1.61 bits per heavy atom. The van der Waals surface area contributed by atoms with Crippen LogP contribution in [0.15, 0.2) is 78.9 Å². The largest absolute Gasteiger partial charge is 0.352 e. The number of amides is 2. The second kappa shape index (κ2) is 14.6. The summed E-state index contributed by atoms with van der Waals surface area (Å²) in [5, 5.41) is 4.58. The predicted octanol–water partition coefficient (Wildman–Crippen LogP) is 7.32. The second-order valence-electron chi connectivity index (χ2n) is 9.78. The molecule has 38 heavy (non-hydrogen) atoms. The molecule has 0 unspecified atom stereocenters. The first-order chi connectivity index (χ1) is 18.5. The lowest BCUT2D eigenvalue weighted by Gasteiger charge is -2.33. The molecule has 0 saturated heterocycles. The van der Waals surface area contributed by atoms with Crippen molar-refractivity contribution in [3.8, 4) is 0 Å². The van der Waals surface area contributed by atoms with Crippen LogP contribution in [-0.2, 0) is 28.3 Å². The summed E-state index contributed by atoms with van der Waals surface area (Å²) in [4.78, 5) is 29.3. The van der Waals surface area contributed by atoms with Gasteiger partial charge in [0, 0.05) is 34.8 Å². The van der Waals surface area contributed by atoms with E-state index in [0.29, 0.717) is 28.8 Å². The lowest BCUT2D eigenvalue weighted by atomic mass is 9.94. The molecule has 200 valence electrons. The summed E-state index contributed by atoms with van der Waals surface area (Å²) < 4.78 is 0. The van der Waals surface area contributed by atoms with Gasteiger partial charge in [0.25, 0.3) is 0 Å². The third-order valence-electron chi connectivity index (χ3n) is 6.91. The van der Waals surface area contributed by atoms with Crippen molar-refractivity contribution in [3.05, 3.63) is 106 Å². The number of hydrogen-bond acceptors (Lipinski definition) is 3. The van der Waals surface area contributed by atoms with E-state index in [0.717, 1.165) is 42.4 Å². The SMILES string of the molecule is O=C(NC1CCCCC1)[C@H](Cc1ccccc1)N(Cc1cccc(Cl)c1)C(=O)CSCc1ccccc1Cl.